The van der Waals surface area contributed by atoms with E-state index in [9.17, 15) is 13.9 Å². The molecule has 0 atom stereocenters. The molecule has 0 aromatic carbocycles. The third-order valence-corrected chi connectivity index (χ3v) is 3.00. The summed E-state index contributed by atoms with van der Waals surface area (Å²) in [6.45, 7) is -1.09. The summed E-state index contributed by atoms with van der Waals surface area (Å²) < 4.78 is 21.1. The van der Waals surface area contributed by atoms with Crippen LogP contribution >= 0.6 is 15.2 Å². The second kappa shape index (κ2) is 5.88. The van der Waals surface area contributed by atoms with Crippen molar-refractivity contribution in [3.05, 3.63) is 0 Å². The van der Waals surface area contributed by atoms with Crippen LogP contribution in [0.4, 0.5) is 0 Å². The van der Waals surface area contributed by atoms with Crippen LogP contribution in [0.1, 0.15) is 0 Å². The maximum Gasteiger partial charge on any atom is 0.339 e. The van der Waals surface area contributed by atoms with Gasteiger partial charge in [-0.15, -0.1) is 0 Å². The standard InChI is InChI=1S/C5H13NO8P2/c7-5(8)3-6(4-16(12,13)14)1-2-15(9,10)11/h1-4H2,(H,7,8)(H2,9,10,11)(H2,12,13,14). The Bertz CT molecular complexity index is 331. The van der Waals surface area contributed by atoms with Crippen LogP contribution in [0.5, 0.6) is 0 Å². The van der Waals surface area contributed by atoms with Crippen LogP contribution in [-0.4, -0.2) is 61.1 Å². The molecule has 16 heavy (non-hydrogen) atoms. The fraction of sp³-hybridized carbons (Fsp3) is 0.800. The van der Waals surface area contributed by atoms with Crippen molar-refractivity contribution >= 4 is 21.2 Å². The third kappa shape index (κ3) is 10.3. The van der Waals surface area contributed by atoms with Crippen molar-refractivity contribution in [2.24, 2.45) is 0 Å². The Hall–Kier alpha value is -0.270. The van der Waals surface area contributed by atoms with Gasteiger partial charge >= 0.3 is 21.2 Å². The molecule has 0 radical (unpaired) electrons. The van der Waals surface area contributed by atoms with E-state index in [4.69, 9.17) is 24.7 Å². The van der Waals surface area contributed by atoms with E-state index in [1.807, 2.05) is 0 Å². The second-order valence-corrected chi connectivity index (χ2v) is 6.53. The number of carboxylic acids is 1. The summed E-state index contributed by atoms with van der Waals surface area (Å²) in [5, 5.41) is 8.42. The van der Waals surface area contributed by atoms with Crippen LogP contribution in [0.15, 0.2) is 0 Å². The lowest BCUT2D eigenvalue weighted by Gasteiger charge is -2.20. The molecule has 0 saturated heterocycles. The molecule has 0 unspecified atom stereocenters. The first-order valence-corrected chi connectivity index (χ1v) is 7.62. The predicted octanol–water partition coefficient (Wildman–Crippen LogP) is -1.31. The summed E-state index contributed by atoms with van der Waals surface area (Å²) in [4.78, 5) is 45.4. The molecule has 0 aliphatic carbocycles. The number of carbonyl (C=O) groups is 1. The molecule has 0 heterocycles. The molecule has 0 rings (SSSR count). The van der Waals surface area contributed by atoms with Crippen LogP contribution in [-0.2, 0) is 13.9 Å². The van der Waals surface area contributed by atoms with Crippen LogP contribution in [0.3, 0.4) is 0 Å². The second-order valence-electron chi connectivity index (χ2n) is 3.14. The molecule has 0 aromatic heterocycles. The summed E-state index contributed by atoms with van der Waals surface area (Å²) in [7, 11) is -8.77. The molecule has 0 aliphatic rings. The molecule has 0 spiro atoms. The first-order chi connectivity index (χ1) is 6.99. The lowest BCUT2D eigenvalue weighted by Crippen LogP contribution is -2.33. The monoisotopic (exact) mass is 277 g/mol. The van der Waals surface area contributed by atoms with Crippen molar-refractivity contribution in [3.8, 4) is 0 Å². The number of rotatable bonds is 7. The van der Waals surface area contributed by atoms with Crippen molar-refractivity contribution in [2.45, 2.75) is 0 Å². The smallest absolute Gasteiger partial charge is 0.339 e. The highest BCUT2D eigenvalue weighted by Crippen LogP contribution is 2.37. The van der Waals surface area contributed by atoms with Crippen molar-refractivity contribution < 1.29 is 38.6 Å². The summed E-state index contributed by atoms with van der Waals surface area (Å²) in [5.41, 5.74) is 0. The number of carboxylic acid groups (broad SMARTS) is 1. The Morgan fingerprint density at radius 3 is 1.88 bits per heavy atom. The number of nitrogens with zero attached hydrogens (tertiary/aromatic N) is 1. The van der Waals surface area contributed by atoms with Gasteiger partial charge in [0.25, 0.3) is 0 Å². The maximum atomic E-state index is 10.6. The molecule has 0 saturated carbocycles. The van der Waals surface area contributed by atoms with Crippen LogP contribution < -0.4 is 0 Å². The van der Waals surface area contributed by atoms with Gasteiger partial charge in [-0.2, -0.15) is 0 Å². The zero-order valence-electron chi connectivity index (χ0n) is 8.13. The van der Waals surface area contributed by atoms with Crippen LogP contribution in [0, 0.1) is 0 Å². The van der Waals surface area contributed by atoms with Gasteiger partial charge in [-0.05, 0) is 0 Å². The van der Waals surface area contributed by atoms with Crippen molar-refractivity contribution in [3.63, 3.8) is 0 Å². The maximum absolute atomic E-state index is 10.6. The Morgan fingerprint density at radius 2 is 1.56 bits per heavy atom. The lowest BCUT2D eigenvalue weighted by atomic mass is 10.5. The Balaban J connectivity index is 4.38. The largest absolute Gasteiger partial charge is 0.480 e. The minimum atomic E-state index is -4.45. The molecule has 96 valence electrons. The molecular weight excluding hydrogens is 264 g/mol. The fourth-order valence-corrected chi connectivity index (χ4v) is 2.23. The van der Waals surface area contributed by atoms with E-state index in [1.54, 1.807) is 0 Å². The van der Waals surface area contributed by atoms with Crippen LogP contribution in [0.2, 0.25) is 0 Å². The van der Waals surface area contributed by atoms with Gasteiger partial charge in [-0.1, -0.05) is 0 Å². The van der Waals surface area contributed by atoms with Gasteiger partial charge in [0, 0.05) is 6.54 Å². The van der Waals surface area contributed by atoms with Gasteiger partial charge in [-0.25, -0.2) is 0 Å². The van der Waals surface area contributed by atoms with E-state index < -0.39 is 46.7 Å². The molecule has 0 amide bonds. The first kappa shape index (κ1) is 15.7. The minimum Gasteiger partial charge on any atom is -0.480 e. The zero-order chi connectivity index (χ0) is 13.0. The highest BCUT2D eigenvalue weighted by Gasteiger charge is 2.23. The van der Waals surface area contributed by atoms with Gasteiger partial charge in [0.2, 0.25) is 0 Å². The molecule has 11 heteroatoms. The molecule has 0 bridgehead atoms. The minimum absolute atomic E-state index is 0.401. The van der Waals surface area contributed by atoms with Gasteiger partial charge in [0.05, 0.1) is 12.7 Å². The summed E-state index contributed by atoms with van der Waals surface area (Å²) in [6, 6.07) is 0. The van der Waals surface area contributed by atoms with E-state index in [1.165, 1.54) is 0 Å². The van der Waals surface area contributed by atoms with Gasteiger partial charge in [0.15, 0.2) is 0 Å². The average Bonchev–Trinajstić information content (AvgIpc) is 1.94. The zero-order valence-corrected chi connectivity index (χ0v) is 9.92. The molecule has 0 aliphatic heterocycles. The molecule has 0 aromatic rings. The van der Waals surface area contributed by atoms with Crippen molar-refractivity contribution in [2.75, 3.05) is 25.5 Å². The number of hydrogen-bond donors (Lipinski definition) is 5. The van der Waals surface area contributed by atoms with Gasteiger partial charge < -0.3 is 24.7 Å². The number of aliphatic carboxylic acids is 1. The van der Waals surface area contributed by atoms with Crippen molar-refractivity contribution in [1.82, 2.24) is 4.90 Å². The highest BCUT2D eigenvalue weighted by atomic mass is 31.2. The lowest BCUT2D eigenvalue weighted by molar-refractivity contribution is -0.138. The van der Waals surface area contributed by atoms with Crippen molar-refractivity contribution in [1.29, 1.82) is 0 Å². The van der Waals surface area contributed by atoms with E-state index in [-0.39, 0.29) is 0 Å². The summed E-state index contributed by atoms with van der Waals surface area (Å²) in [6.07, 6.45) is -1.50. The van der Waals surface area contributed by atoms with E-state index in [2.05, 4.69) is 0 Å². The Labute approximate surface area is 91.0 Å². The number of hydrogen-bond acceptors (Lipinski definition) is 4. The molecule has 5 N–H and O–H groups in total. The molecule has 9 nitrogen and oxygen atoms in total. The summed E-state index contributed by atoms with van der Waals surface area (Å²) >= 11 is 0. The van der Waals surface area contributed by atoms with E-state index in [0.717, 1.165) is 4.90 Å². The van der Waals surface area contributed by atoms with E-state index >= 15 is 0 Å². The van der Waals surface area contributed by atoms with Gasteiger partial charge in [0.1, 0.15) is 6.29 Å². The Morgan fingerprint density at radius 1 is 1.06 bits per heavy atom. The molecule has 0 fully saturated rings. The average molecular weight is 277 g/mol. The Kier molecular flexibility index (Phi) is 5.78. The topological polar surface area (TPSA) is 156 Å². The predicted molar refractivity (Wildman–Crippen MR) is 53.0 cm³/mol. The summed E-state index contributed by atoms with van der Waals surface area (Å²) in [5.74, 6) is -1.33. The first-order valence-electron chi connectivity index (χ1n) is 4.03. The normalized spacial score (nSPS) is 13.1. The quantitative estimate of drug-likeness (QED) is 0.356. The van der Waals surface area contributed by atoms with Gasteiger partial charge in [-0.3, -0.25) is 18.8 Å². The van der Waals surface area contributed by atoms with E-state index in [0.29, 0.717) is 0 Å². The fourth-order valence-electron chi connectivity index (χ4n) is 0.923. The SMILES string of the molecule is O=C(O)CN(CCP(=O)(O)O)CP(=O)(O)O. The highest BCUT2D eigenvalue weighted by molar-refractivity contribution is 7.52. The molecular formula is C5H13NO8P2. The third-order valence-electron chi connectivity index (χ3n) is 1.45. The van der Waals surface area contributed by atoms with Crippen LogP contribution in [0.25, 0.3) is 0 Å².